The van der Waals surface area contributed by atoms with Crippen LogP contribution in [0.25, 0.3) is 0 Å². The Hall–Kier alpha value is -1.22. The number of benzene rings is 1. The first kappa shape index (κ1) is 15.8. The molecule has 0 aliphatic carbocycles. The van der Waals surface area contributed by atoms with Crippen LogP contribution in [0.1, 0.15) is 39.2 Å². The molecule has 0 spiro atoms. The van der Waals surface area contributed by atoms with Gasteiger partial charge in [0.15, 0.2) is 0 Å². The van der Waals surface area contributed by atoms with Crippen LogP contribution in [0, 0.1) is 5.41 Å². The number of rotatable bonds is 3. The second-order valence-electron chi connectivity index (χ2n) is 5.59. The van der Waals surface area contributed by atoms with Crippen molar-refractivity contribution >= 4 is 29.7 Å². The molecule has 1 aliphatic rings. The second-order valence-corrected chi connectivity index (χ2v) is 5.59. The van der Waals surface area contributed by atoms with Crippen molar-refractivity contribution in [1.82, 2.24) is 0 Å². The van der Waals surface area contributed by atoms with Crippen molar-refractivity contribution in [2.45, 2.75) is 40.0 Å². The van der Waals surface area contributed by atoms with Gasteiger partial charge in [0.25, 0.3) is 0 Å². The highest BCUT2D eigenvalue weighted by Gasteiger charge is 2.25. The fourth-order valence-corrected chi connectivity index (χ4v) is 2.01. The van der Waals surface area contributed by atoms with E-state index in [4.69, 9.17) is 0 Å². The maximum absolute atomic E-state index is 12.1. The molecule has 0 atom stereocenters. The van der Waals surface area contributed by atoms with E-state index in [1.807, 2.05) is 26.8 Å². The van der Waals surface area contributed by atoms with Crippen molar-refractivity contribution in [3.63, 3.8) is 0 Å². The summed E-state index contributed by atoms with van der Waals surface area (Å²) in [4.78, 5) is 12.1. The Kier molecular flexibility index (Phi) is 5.24. The Bertz CT molecular complexity index is 457. The second kappa shape index (κ2) is 6.29. The molecule has 1 heterocycles. The van der Waals surface area contributed by atoms with Crippen molar-refractivity contribution in [3.8, 4) is 0 Å². The van der Waals surface area contributed by atoms with Crippen molar-refractivity contribution < 1.29 is 4.79 Å². The smallest absolute Gasteiger partial charge is 0.230 e. The van der Waals surface area contributed by atoms with Gasteiger partial charge in [0.1, 0.15) is 0 Å². The molecular weight excluding hydrogens is 260 g/mol. The summed E-state index contributed by atoms with van der Waals surface area (Å²) in [5.41, 5.74) is 3.10. The molecule has 1 aromatic carbocycles. The van der Waals surface area contributed by atoms with E-state index in [0.29, 0.717) is 0 Å². The molecule has 0 aromatic heterocycles. The highest BCUT2D eigenvalue weighted by atomic mass is 35.5. The van der Waals surface area contributed by atoms with Gasteiger partial charge in [-0.2, -0.15) is 0 Å². The Morgan fingerprint density at radius 3 is 2.84 bits per heavy atom. The molecule has 0 saturated carbocycles. The van der Waals surface area contributed by atoms with Gasteiger partial charge in [-0.05, 0) is 43.0 Å². The van der Waals surface area contributed by atoms with Gasteiger partial charge >= 0.3 is 0 Å². The Morgan fingerprint density at radius 2 is 2.16 bits per heavy atom. The first-order chi connectivity index (χ1) is 8.53. The molecule has 19 heavy (non-hydrogen) atoms. The number of hydrogen-bond acceptors (Lipinski definition) is 2. The van der Waals surface area contributed by atoms with Gasteiger partial charge in [-0.15, -0.1) is 12.4 Å². The molecule has 1 aromatic rings. The number of halogens is 1. The van der Waals surface area contributed by atoms with Gasteiger partial charge in [-0.3, -0.25) is 4.79 Å². The molecule has 4 heteroatoms. The summed E-state index contributed by atoms with van der Waals surface area (Å²) in [5.74, 6) is 0.0914. The summed E-state index contributed by atoms with van der Waals surface area (Å²) in [7, 11) is 0. The van der Waals surface area contributed by atoms with Crippen molar-refractivity contribution in [1.29, 1.82) is 0 Å². The van der Waals surface area contributed by atoms with Crippen molar-refractivity contribution in [2.24, 2.45) is 5.41 Å². The van der Waals surface area contributed by atoms with E-state index in [1.165, 1.54) is 11.3 Å². The Balaban J connectivity index is 0.00000180. The van der Waals surface area contributed by atoms with E-state index >= 15 is 0 Å². The van der Waals surface area contributed by atoms with Crippen LogP contribution in [0.2, 0.25) is 0 Å². The largest absolute Gasteiger partial charge is 0.385 e. The van der Waals surface area contributed by atoms with E-state index in [-0.39, 0.29) is 23.7 Å². The summed E-state index contributed by atoms with van der Waals surface area (Å²) in [6.07, 6.45) is 3.08. The summed E-state index contributed by atoms with van der Waals surface area (Å²) >= 11 is 0. The minimum absolute atomic E-state index is 0. The normalized spacial score (nSPS) is 13.8. The third kappa shape index (κ3) is 3.63. The fourth-order valence-electron chi connectivity index (χ4n) is 2.01. The topological polar surface area (TPSA) is 41.1 Å². The molecule has 2 rings (SSSR count). The minimum atomic E-state index is -0.311. The van der Waals surface area contributed by atoms with Crippen LogP contribution < -0.4 is 10.6 Å². The van der Waals surface area contributed by atoms with E-state index < -0.39 is 0 Å². The predicted octanol–water partition coefficient (Wildman–Crippen LogP) is 3.84. The van der Waals surface area contributed by atoms with Crippen LogP contribution >= 0.6 is 12.4 Å². The van der Waals surface area contributed by atoms with Gasteiger partial charge in [-0.25, -0.2) is 0 Å². The number of amides is 1. The number of nitrogens with one attached hydrogen (secondary N) is 2. The lowest BCUT2D eigenvalue weighted by Gasteiger charge is -2.23. The lowest BCUT2D eigenvalue weighted by molar-refractivity contribution is -0.124. The summed E-state index contributed by atoms with van der Waals surface area (Å²) in [5, 5.41) is 6.39. The highest BCUT2D eigenvalue weighted by molar-refractivity contribution is 5.95. The zero-order valence-corrected chi connectivity index (χ0v) is 12.7. The summed E-state index contributed by atoms with van der Waals surface area (Å²) < 4.78 is 0. The molecule has 3 nitrogen and oxygen atoms in total. The van der Waals surface area contributed by atoms with Gasteiger partial charge < -0.3 is 10.6 Å². The predicted molar refractivity (Wildman–Crippen MR) is 83.2 cm³/mol. The highest BCUT2D eigenvalue weighted by Crippen LogP contribution is 2.27. The van der Waals surface area contributed by atoms with Crippen LogP contribution in [0.15, 0.2) is 18.2 Å². The van der Waals surface area contributed by atoms with Crippen molar-refractivity contribution in [3.05, 3.63) is 23.8 Å². The van der Waals surface area contributed by atoms with Crippen LogP contribution in [0.3, 0.4) is 0 Å². The fraction of sp³-hybridized carbons (Fsp3) is 0.533. The molecule has 1 amide bonds. The molecule has 0 saturated heterocycles. The third-order valence-corrected chi connectivity index (χ3v) is 3.80. The van der Waals surface area contributed by atoms with Crippen LogP contribution in [-0.4, -0.2) is 12.5 Å². The zero-order valence-electron chi connectivity index (χ0n) is 11.9. The Labute approximate surface area is 121 Å². The van der Waals surface area contributed by atoms with E-state index in [2.05, 4.69) is 22.8 Å². The number of carbonyl (C=O) groups excluding carboxylic acids is 1. The van der Waals surface area contributed by atoms with Crippen molar-refractivity contribution in [2.75, 3.05) is 17.2 Å². The SMILES string of the molecule is CCC(C)(C)C(=O)Nc1ccc2c(c1)CCCN2.Cl. The lowest BCUT2D eigenvalue weighted by atomic mass is 9.89. The number of anilines is 2. The maximum atomic E-state index is 12.1. The summed E-state index contributed by atoms with van der Waals surface area (Å²) in [6.45, 7) is 7.03. The lowest BCUT2D eigenvalue weighted by Crippen LogP contribution is -2.30. The number of fused-ring (bicyclic) bond motifs is 1. The van der Waals surface area contributed by atoms with Crippen LogP contribution in [0.4, 0.5) is 11.4 Å². The maximum Gasteiger partial charge on any atom is 0.230 e. The van der Waals surface area contributed by atoms with Gasteiger partial charge in [-0.1, -0.05) is 20.8 Å². The van der Waals surface area contributed by atoms with Crippen LogP contribution in [0.5, 0.6) is 0 Å². The molecule has 2 N–H and O–H groups in total. The molecule has 0 fully saturated rings. The van der Waals surface area contributed by atoms with Gasteiger partial charge in [0.05, 0.1) is 0 Å². The molecule has 106 valence electrons. The average Bonchev–Trinajstić information content (AvgIpc) is 2.38. The van der Waals surface area contributed by atoms with E-state index in [9.17, 15) is 4.79 Å². The van der Waals surface area contributed by atoms with E-state index in [1.54, 1.807) is 0 Å². The number of aryl methyl sites for hydroxylation is 1. The molecular formula is C15H23ClN2O. The Morgan fingerprint density at radius 1 is 1.42 bits per heavy atom. The molecule has 0 bridgehead atoms. The molecule has 1 aliphatic heterocycles. The summed E-state index contributed by atoms with van der Waals surface area (Å²) in [6, 6.07) is 6.12. The minimum Gasteiger partial charge on any atom is -0.385 e. The quantitative estimate of drug-likeness (QED) is 0.884. The third-order valence-electron chi connectivity index (χ3n) is 3.80. The molecule has 0 unspecified atom stereocenters. The number of hydrogen-bond donors (Lipinski definition) is 2. The first-order valence-corrected chi connectivity index (χ1v) is 6.71. The average molecular weight is 283 g/mol. The first-order valence-electron chi connectivity index (χ1n) is 6.71. The van der Waals surface area contributed by atoms with Crippen LogP contribution in [-0.2, 0) is 11.2 Å². The van der Waals surface area contributed by atoms with Gasteiger partial charge in [0, 0.05) is 23.3 Å². The zero-order chi connectivity index (χ0) is 13.2. The number of carbonyl (C=O) groups is 1. The van der Waals surface area contributed by atoms with Gasteiger partial charge in [0.2, 0.25) is 5.91 Å². The molecule has 0 radical (unpaired) electrons. The monoisotopic (exact) mass is 282 g/mol. The standard InChI is InChI=1S/C15H22N2O.ClH/c1-4-15(2,3)14(18)17-12-7-8-13-11(10-12)6-5-9-16-13;/h7-8,10,16H,4-6,9H2,1-3H3,(H,17,18);1H. The van der Waals surface area contributed by atoms with E-state index in [0.717, 1.165) is 31.5 Å².